The van der Waals surface area contributed by atoms with Gasteiger partial charge in [-0.2, -0.15) is 0 Å². The van der Waals surface area contributed by atoms with Crippen LogP contribution in [-0.4, -0.2) is 23.2 Å². The fourth-order valence-electron chi connectivity index (χ4n) is 2.43. The van der Waals surface area contributed by atoms with E-state index >= 15 is 0 Å². The fourth-order valence-corrected chi connectivity index (χ4v) is 2.43. The standard InChI is InChI=1S/C16H23N3O/c1-2-3-12(8-9-20)11-18-16-7-4-13-10-14(17)5-6-15(13)19-16/h4-7,10,12,20H,2-3,8-9,11,17H2,1H3,(H,18,19). The molecule has 0 aliphatic heterocycles. The highest BCUT2D eigenvalue weighted by atomic mass is 16.3. The van der Waals surface area contributed by atoms with Crippen molar-refractivity contribution < 1.29 is 5.11 Å². The number of fused-ring (bicyclic) bond motifs is 1. The molecule has 1 unspecified atom stereocenters. The lowest BCUT2D eigenvalue weighted by Crippen LogP contribution is -2.16. The van der Waals surface area contributed by atoms with E-state index < -0.39 is 0 Å². The van der Waals surface area contributed by atoms with Crippen LogP contribution < -0.4 is 11.1 Å². The van der Waals surface area contributed by atoms with E-state index in [1.807, 2.05) is 30.3 Å². The van der Waals surface area contributed by atoms with Crippen molar-refractivity contribution in [2.24, 2.45) is 5.92 Å². The van der Waals surface area contributed by atoms with Crippen LogP contribution in [0.4, 0.5) is 11.5 Å². The molecule has 1 heterocycles. The summed E-state index contributed by atoms with van der Waals surface area (Å²) in [6.45, 7) is 3.27. The van der Waals surface area contributed by atoms with Crippen molar-refractivity contribution in [2.45, 2.75) is 26.2 Å². The fraction of sp³-hybridized carbons (Fsp3) is 0.438. The summed E-state index contributed by atoms with van der Waals surface area (Å²) >= 11 is 0. The second-order valence-electron chi connectivity index (χ2n) is 5.20. The Balaban J connectivity index is 2.03. The number of aromatic nitrogens is 1. The van der Waals surface area contributed by atoms with Gasteiger partial charge in [0.15, 0.2) is 0 Å². The van der Waals surface area contributed by atoms with Crippen molar-refractivity contribution in [3.63, 3.8) is 0 Å². The molecular weight excluding hydrogens is 250 g/mol. The number of anilines is 2. The van der Waals surface area contributed by atoms with E-state index in [1.54, 1.807) is 0 Å². The maximum absolute atomic E-state index is 9.07. The molecule has 2 rings (SSSR count). The molecular formula is C16H23N3O. The van der Waals surface area contributed by atoms with Crippen molar-refractivity contribution >= 4 is 22.4 Å². The Kier molecular flexibility index (Phi) is 5.18. The third kappa shape index (κ3) is 3.84. The van der Waals surface area contributed by atoms with Gasteiger partial charge in [0.2, 0.25) is 0 Å². The maximum Gasteiger partial charge on any atom is 0.126 e. The van der Waals surface area contributed by atoms with E-state index in [0.717, 1.165) is 48.2 Å². The number of nitrogens with two attached hydrogens (primary N) is 1. The van der Waals surface area contributed by atoms with Gasteiger partial charge in [-0.3, -0.25) is 0 Å². The number of nitrogens with one attached hydrogen (secondary N) is 1. The Morgan fingerprint density at radius 2 is 2.10 bits per heavy atom. The third-order valence-corrected chi connectivity index (χ3v) is 3.52. The van der Waals surface area contributed by atoms with Gasteiger partial charge < -0.3 is 16.2 Å². The molecule has 1 atom stereocenters. The number of nitrogen functional groups attached to an aromatic ring is 1. The van der Waals surface area contributed by atoms with Crippen molar-refractivity contribution in [3.8, 4) is 0 Å². The number of nitrogens with zero attached hydrogens (tertiary/aromatic N) is 1. The number of aliphatic hydroxyl groups excluding tert-OH is 1. The molecule has 4 heteroatoms. The van der Waals surface area contributed by atoms with E-state index in [4.69, 9.17) is 10.8 Å². The maximum atomic E-state index is 9.07. The van der Waals surface area contributed by atoms with Gasteiger partial charge in [0.05, 0.1) is 5.52 Å². The lowest BCUT2D eigenvalue weighted by Gasteiger charge is -2.16. The first-order valence-corrected chi connectivity index (χ1v) is 7.24. The molecule has 0 aliphatic rings. The zero-order valence-electron chi connectivity index (χ0n) is 12.0. The topological polar surface area (TPSA) is 71.2 Å². The molecule has 0 radical (unpaired) electrons. The summed E-state index contributed by atoms with van der Waals surface area (Å²) in [6, 6.07) is 9.74. The van der Waals surface area contributed by atoms with Gasteiger partial charge in [0.25, 0.3) is 0 Å². The second kappa shape index (κ2) is 7.10. The van der Waals surface area contributed by atoms with Crippen LogP contribution in [0.15, 0.2) is 30.3 Å². The molecule has 2 aromatic rings. The Hall–Kier alpha value is -1.81. The minimum atomic E-state index is 0.247. The van der Waals surface area contributed by atoms with Crippen LogP contribution in [-0.2, 0) is 0 Å². The van der Waals surface area contributed by atoms with Crippen molar-refractivity contribution in [2.75, 3.05) is 24.2 Å². The highest BCUT2D eigenvalue weighted by molar-refractivity contribution is 5.83. The first-order chi connectivity index (χ1) is 9.72. The van der Waals surface area contributed by atoms with Crippen LogP contribution in [0.25, 0.3) is 10.9 Å². The van der Waals surface area contributed by atoms with E-state index in [0.29, 0.717) is 5.92 Å². The summed E-state index contributed by atoms with van der Waals surface area (Å²) in [6.07, 6.45) is 3.10. The number of benzene rings is 1. The number of rotatable bonds is 7. The summed E-state index contributed by atoms with van der Waals surface area (Å²) in [4.78, 5) is 4.58. The minimum Gasteiger partial charge on any atom is -0.399 e. The van der Waals surface area contributed by atoms with Gasteiger partial charge in [0.1, 0.15) is 5.82 Å². The van der Waals surface area contributed by atoms with E-state index in [9.17, 15) is 0 Å². The van der Waals surface area contributed by atoms with Gasteiger partial charge in [-0.1, -0.05) is 13.3 Å². The molecule has 0 bridgehead atoms. The highest BCUT2D eigenvalue weighted by Crippen LogP contribution is 2.19. The van der Waals surface area contributed by atoms with Gasteiger partial charge >= 0.3 is 0 Å². The van der Waals surface area contributed by atoms with Crippen LogP contribution >= 0.6 is 0 Å². The van der Waals surface area contributed by atoms with Crippen LogP contribution in [0.3, 0.4) is 0 Å². The van der Waals surface area contributed by atoms with Gasteiger partial charge in [-0.15, -0.1) is 0 Å². The Bertz CT molecular complexity index is 550. The lowest BCUT2D eigenvalue weighted by atomic mass is 10.0. The molecule has 0 spiro atoms. The molecule has 0 saturated heterocycles. The number of aliphatic hydroxyl groups is 1. The molecule has 4 nitrogen and oxygen atoms in total. The Morgan fingerprint density at radius 3 is 2.85 bits per heavy atom. The van der Waals surface area contributed by atoms with Crippen LogP contribution in [0.1, 0.15) is 26.2 Å². The molecule has 1 aromatic heterocycles. The lowest BCUT2D eigenvalue weighted by molar-refractivity contribution is 0.255. The monoisotopic (exact) mass is 273 g/mol. The predicted molar refractivity (Wildman–Crippen MR) is 84.7 cm³/mol. The summed E-state index contributed by atoms with van der Waals surface area (Å²) in [5.41, 5.74) is 7.46. The van der Waals surface area contributed by atoms with Crippen molar-refractivity contribution in [1.82, 2.24) is 4.98 Å². The zero-order valence-corrected chi connectivity index (χ0v) is 12.0. The van der Waals surface area contributed by atoms with Gasteiger partial charge in [0, 0.05) is 24.2 Å². The summed E-state index contributed by atoms with van der Waals surface area (Å²) in [7, 11) is 0. The van der Waals surface area contributed by atoms with E-state index in [1.165, 1.54) is 0 Å². The summed E-state index contributed by atoms with van der Waals surface area (Å²) in [5.74, 6) is 1.37. The smallest absolute Gasteiger partial charge is 0.126 e. The molecule has 0 fully saturated rings. The third-order valence-electron chi connectivity index (χ3n) is 3.52. The highest BCUT2D eigenvalue weighted by Gasteiger charge is 2.07. The summed E-state index contributed by atoms with van der Waals surface area (Å²) < 4.78 is 0. The predicted octanol–water partition coefficient (Wildman–Crippen LogP) is 3.03. The minimum absolute atomic E-state index is 0.247. The van der Waals surface area contributed by atoms with Crippen LogP contribution in [0.2, 0.25) is 0 Å². The number of hydrogen-bond donors (Lipinski definition) is 3. The molecule has 0 saturated carbocycles. The van der Waals surface area contributed by atoms with E-state index in [2.05, 4.69) is 17.2 Å². The number of pyridine rings is 1. The van der Waals surface area contributed by atoms with Gasteiger partial charge in [-0.25, -0.2) is 4.98 Å². The molecule has 20 heavy (non-hydrogen) atoms. The van der Waals surface area contributed by atoms with Crippen LogP contribution in [0.5, 0.6) is 0 Å². The summed E-state index contributed by atoms with van der Waals surface area (Å²) in [5, 5.41) is 13.5. The first kappa shape index (κ1) is 14.6. The normalized spacial score (nSPS) is 12.5. The van der Waals surface area contributed by atoms with Gasteiger partial charge in [-0.05, 0) is 49.1 Å². The van der Waals surface area contributed by atoms with E-state index in [-0.39, 0.29) is 6.61 Å². The van der Waals surface area contributed by atoms with Crippen LogP contribution in [0, 0.1) is 5.92 Å². The van der Waals surface area contributed by atoms with Crippen molar-refractivity contribution in [1.29, 1.82) is 0 Å². The first-order valence-electron chi connectivity index (χ1n) is 7.24. The quantitative estimate of drug-likeness (QED) is 0.678. The molecule has 4 N–H and O–H groups in total. The van der Waals surface area contributed by atoms with Crippen molar-refractivity contribution in [3.05, 3.63) is 30.3 Å². The zero-order chi connectivity index (χ0) is 14.4. The SMILES string of the molecule is CCCC(CCO)CNc1ccc2cc(N)ccc2n1. The average molecular weight is 273 g/mol. The second-order valence-corrected chi connectivity index (χ2v) is 5.20. The Morgan fingerprint density at radius 1 is 1.25 bits per heavy atom. The number of hydrogen-bond acceptors (Lipinski definition) is 4. The molecule has 1 aromatic carbocycles. The Labute approximate surface area is 120 Å². The molecule has 108 valence electrons. The average Bonchev–Trinajstić information content (AvgIpc) is 2.45. The molecule has 0 aliphatic carbocycles. The largest absolute Gasteiger partial charge is 0.399 e. The molecule has 0 amide bonds.